The Labute approximate surface area is 125 Å². The van der Waals surface area contributed by atoms with Crippen LogP contribution in [0.1, 0.15) is 44.3 Å². The van der Waals surface area contributed by atoms with Crippen LogP contribution in [0.25, 0.3) is 0 Å². The summed E-state index contributed by atoms with van der Waals surface area (Å²) in [6.45, 7) is 8.37. The van der Waals surface area contributed by atoms with Gasteiger partial charge in [0.25, 0.3) is 0 Å². The molecule has 0 fully saturated rings. The molecule has 0 amide bonds. The summed E-state index contributed by atoms with van der Waals surface area (Å²) in [7, 11) is 0. The van der Waals surface area contributed by atoms with Gasteiger partial charge >= 0.3 is 0 Å². The van der Waals surface area contributed by atoms with Crippen molar-refractivity contribution in [3.05, 3.63) is 46.4 Å². The summed E-state index contributed by atoms with van der Waals surface area (Å²) >= 11 is 1.67. The summed E-state index contributed by atoms with van der Waals surface area (Å²) in [5, 5.41) is 6.67. The van der Waals surface area contributed by atoms with Gasteiger partial charge in [-0.3, -0.25) is 0 Å². The Kier molecular flexibility index (Phi) is 5.15. The molecule has 0 saturated heterocycles. The summed E-state index contributed by atoms with van der Waals surface area (Å²) in [5.74, 6) is 0.907. The quantitative estimate of drug-likeness (QED) is 0.872. The fraction of sp³-hybridized carbons (Fsp3) is 0.438. The predicted octanol–water partition coefficient (Wildman–Crippen LogP) is 4.02. The minimum atomic E-state index is 0.116. The molecular formula is C16H22N2OS. The van der Waals surface area contributed by atoms with E-state index in [1.165, 1.54) is 5.56 Å². The Morgan fingerprint density at radius 1 is 1.20 bits per heavy atom. The molecular weight excluding hydrogens is 268 g/mol. The lowest BCUT2D eigenvalue weighted by Crippen LogP contribution is -2.28. The number of ether oxygens (including phenoxy) is 1. The largest absolute Gasteiger partial charge is 0.491 e. The van der Waals surface area contributed by atoms with E-state index in [9.17, 15) is 0 Å². The van der Waals surface area contributed by atoms with E-state index in [-0.39, 0.29) is 12.1 Å². The van der Waals surface area contributed by atoms with Gasteiger partial charge in [-0.25, -0.2) is 4.98 Å². The first-order valence-corrected chi connectivity index (χ1v) is 7.86. The average molecular weight is 290 g/mol. The van der Waals surface area contributed by atoms with Crippen LogP contribution in [0.15, 0.2) is 35.8 Å². The Bertz CT molecular complexity index is 523. The number of hydrogen-bond acceptors (Lipinski definition) is 4. The average Bonchev–Trinajstić information content (AvgIpc) is 2.89. The van der Waals surface area contributed by atoms with E-state index in [4.69, 9.17) is 4.74 Å². The number of hydrogen-bond donors (Lipinski definition) is 1. The highest BCUT2D eigenvalue weighted by Crippen LogP contribution is 2.27. The molecule has 1 aromatic carbocycles. The maximum atomic E-state index is 5.78. The molecule has 20 heavy (non-hydrogen) atoms. The highest BCUT2D eigenvalue weighted by molar-refractivity contribution is 7.09. The van der Waals surface area contributed by atoms with E-state index in [2.05, 4.69) is 36.3 Å². The first-order valence-electron chi connectivity index (χ1n) is 6.98. The Morgan fingerprint density at radius 3 is 2.60 bits per heavy atom. The molecule has 1 atom stereocenters. The Hall–Kier alpha value is -1.39. The molecule has 0 aliphatic carbocycles. The van der Waals surface area contributed by atoms with Crippen LogP contribution >= 0.6 is 11.3 Å². The van der Waals surface area contributed by atoms with E-state index in [1.54, 1.807) is 11.3 Å². The van der Waals surface area contributed by atoms with Crippen LogP contribution in [0.2, 0.25) is 0 Å². The molecule has 1 aromatic heterocycles. The molecule has 4 heteroatoms. The molecule has 1 N–H and O–H groups in total. The van der Waals surface area contributed by atoms with Crippen molar-refractivity contribution in [2.75, 3.05) is 0 Å². The number of benzene rings is 1. The Balaban J connectivity index is 2.29. The van der Waals surface area contributed by atoms with Crippen molar-refractivity contribution < 1.29 is 4.74 Å². The summed E-state index contributed by atoms with van der Waals surface area (Å²) in [6, 6.07) is 8.76. The second kappa shape index (κ2) is 6.86. The molecule has 3 nitrogen and oxygen atoms in total. The molecule has 1 heterocycles. The number of nitrogens with zero attached hydrogens (tertiary/aromatic N) is 1. The molecule has 0 aliphatic rings. The highest BCUT2D eigenvalue weighted by Gasteiger charge is 2.18. The molecule has 1 unspecified atom stereocenters. The van der Waals surface area contributed by atoms with Crippen molar-refractivity contribution in [3.8, 4) is 5.75 Å². The van der Waals surface area contributed by atoms with Crippen molar-refractivity contribution in [1.82, 2.24) is 10.3 Å². The molecule has 0 bridgehead atoms. The standard InChI is InChI=1S/C16H22N2OS/c1-11(2)18-15(16-17-8-9-20-16)13-6-5-7-14(10-13)19-12(3)4/h5-12,15,18H,1-4H3. The van der Waals surface area contributed by atoms with Gasteiger partial charge in [-0.05, 0) is 45.4 Å². The van der Waals surface area contributed by atoms with Gasteiger partial charge in [0, 0.05) is 17.6 Å². The zero-order chi connectivity index (χ0) is 14.5. The van der Waals surface area contributed by atoms with Gasteiger partial charge in [-0.2, -0.15) is 0 Å². The van der Waals surface area contributed by atoms with Gasteiger partial charge in [0.15, 0.2) is 0 Å². The van der Waals surface area contributed by atoms with Crippen LogP contribution in [0.5, 0.6) is 5.75 Å². The lowest BCUT2D eigenvalue weighted by Gasteiger charge is -2.21. The maximum absolute atomic E-state index is 5.78. The molecule has 0 spiro atoms. The van der Waals surface area contributed by atoms with Crippen molar-refractivity contribution >= 4 is 11.3 Å². The zero-order valence-electron chi connectivity index (χ0n) is 12.5. The Morgan fingerprint density at radius 2 is 2.00 bits per heavy atom. The molecule has 0 saturated carbocycles. The number of thiazole rings is 1. The summed E-state index contributed by atoms with van der Waals surface area (Å²) in [5.41, 5.74) is 1.19. The minimum absolute atomic E-state index is 0.116. The van der Waals surface area contributed by atoms with Crippen LogP contribution in [0, 0.1) is 0 Å². The normalized spacial score (nSPS) is 12.9. The van der Waals surface area contributed by atoms with E-state index in [1.807, 2.05) is 37.6 Å². The van der Waals surface area contributed by atoms with Crippen LogP contribution in [0.4, 0.5) is 0 Å². The fourth-order valence-corrected chi connectivity index (χ4v) is 2.78. The topological polar surface area (TPSA) is 34.1 Å². The number of rotatable bonds is 6. The van der Waals surface area contributed by atoms with Gasteiger partial charge in [0.2, 0.25) is 0 Å². The van der Waals surface area contributed by atoms with Crippen LogP contribution < -0.4 is 10.1 Å². The second-order valence-corrected chi connectivity index (χ2v) is 6.29. The minimum Gasteiger partial charge on any atom is -0.491 e. The first kappa shape index (κ1) is 15.0. The second-order valence-electron chi connectivity index (χ2n) is 5.36. The smallest absolute Gasteiger partial charge is 0.120 e. The van der Waals surface area contributed by atoms with Gasteiger partial charge in [0.1, 0.15) is 10.8 Å². The monoisotopic (exact) mass is 290 g/mol. The number of nitrogens with one attached hydrogen (secondary N) is 1. The SMILES string of the molecule is CC(C)NC(c1cccc(OC(C)C)c1)c1nccs1. The van der Waals surface area contributed by atoms with Crippen LogP contribution in [-0.4, -0.2) is 17.1 Å². The van der Waals surface area contributed by atoms with Gasteiger partial charge in [-0.1, -0.05) is 12.1 Å². The molecule has 2 aromatic rings. The van der Waals surface area contributed by atoms with E-state index >= 15 is 0 Å². The third-order valence-electron chi connectivity index (χ3n) is 2.76. The third kappa shape index (κ3) is 4.05. The van der Waals surface area contributed by atoms with Gasteiger partial charge in [0.05, 0.1) is 12.1 Å². The lowest BCUT2D eigenvalue weighted by atomic mass is 10.1. The van der Waals surface area contributed by atoms with Crippen molar-refractivity contribution in [2.45, 2.75) is 45.9 Å². The van der Waals surface area contributed by atoms with Crippen LogP contribution in [0.3, 0.4) is 0 Å². The molecule has 0 aliphatic heterocycles. The molecule has 2 rings (SSSR count). The molecule has 108 valence electrons. The van der Waals surface area contributed by atoms with Crippen molar-refractivity contribution in [3.63, 3.8) is 0 Å². The number of aromatic nitrogens is 1. The third-order valence-corrected chi connectivity index (χ3v) is 3.60. The van der Waals surface area contributed by atoms with Gasteiger partial charge < -0.3 is 10.1 Å². The van der Waals surface area contributed by atoms with E-state index < -0.39 is 0 Å². The summed E-state index contributed by atoms with van der Waals surface area (Å²) < 4.78 is 5.78. The fourth-order valence-electron chi connectivity index (χ4n) is 2.06. The van der Waals surface area contributed by atoms with Crippen molar-refractivity contribution in [1.29, 1.82) is 0 Å². The summed E-state index contributed by atoms with van der Waals surface area (Å²) in [6.07, 6.45) is 2.03. The van der Waals surface area contributed by atoms with Crippen LogP contribution in [-0.2, 0) is 0 Å². The maximum Gasteiger partial charge on any atom is 0.120 e. The first-order chi connectivity index (χ1) is 9.56. The van der Waals surface area contributed by atoms with E-state index in [0.717, 1.165) is 10.8 Å². The summed E-state index contributed by atoms with van der Waals surface area (Å²) in [4.78, 5) is 4.45. The predicted molar refractivity (Wildman–Crippen MR) is 84.4 cm³/mol. The zero-order valence-corrected chi connectivity index (χ0v) is 13.3. The van der Waals surface area contributed by atoms with E-state index in [0.29, 0.717) is 6.04 Å². The van der Waals surface area contributed by atoms with Gasteiger partial charge in [-0.15, -0.1) is 11.3 Å². The molecule has 0 radical (unpaired) electrons. The highest BCUT2D eigenvalue weighted by atomic mass is 32.1. The van der Waals surface area contributed by atoms with Crippen molar-refractivity contribution in [2.24, 2.45) is 0 Å². The lowest BCUT2D eigenvalue weighted by molar-refractivity contribution is 0.242.